The molecule has 23 heavy (non-hydrogen) atoms. The fourth-order valence-electron chi connectivity index (χ4n) is 2.42. The molecule has 0 N–H and O–H groups in total. The fraction of sp³-hybridized carbons (Fsp3) is 0.632. The first-order valence-corrected chi connectivity index (χ1v) is 9.74. The molecular weight excluding hydrogens is 352 g/mol. The molecule has 1 saturated heterocycles. The zero-order chi connectivity index (χ0) is 16.9. The molecule has 0 spiro atoms. The summed E-state index contributed by atoms with van der Waals surface area (Å²) >= 11 is 3.43. The summed E-state index contributed by atoms with van der Waals surface area (Å²) in [6.07, 6.45) is 9.29. The molecule has 2 heterocycles. The molecule has 128 valence electrons. The van der Waals surface area contributed by atoms with E-state index in [2.05, 4.69) is 44.7 Å². The van der Waals surface area contributed by atoms with Gasteiger partial charge >= 0.3 is 0 Å². The zero-order valence-electron chi connectivity index (χ0n) is 14.6. The highest BCUT2D eigenvalue weighted by Crippen LogP contribution is 2.17. The normalized spacial score (nSPS) is 17.0. The van der Waals surface area contributed by atoms with Crippen molar-refractivity contribution >= 4 is 15.9 Å². The summed E-state index contributed by atoms with van der Waals surface area (Å²) in [7, 11) is 2.16. The van der Waals surface area contributed by atoms with Gasteiger partial charge < -0.3 is 9.64 Å². The predicted molar refractivity (Wildman–Crippen MR) is 101 cm³/mol. The Morgan fingerprint density at radius 3 is 2.87 bits per heavy atom. The van der Waals surface area contributed by atoms with Crippen molar-refractivity contribution < 1.29 is 4.74 Å². The Hall–Kier alpha value is -1.05. The van der Waals surface area contributed by atoms with Gasteiger partial charge in [-0.3, -0.25) is 4.98 Å². The van der Waals surface area contributed by atoms with Gasteiger partial charge in [-0.25, -0.2) is 0 Å². The number of rotatable bonds is 6. The van der Waals surface area contributed by atoms with Crippen LogP contribution < -0.4 is 4.74 Å². The Labute approximate surface area is 150 Å². The van der Waals surface area contributed by atoms with E-state index in [0.717, 1.165) is 36.1 Å². The van der Waals surface area contributed by atoms with Gasteiger partial charge in [-0.2, -0.15) is 0 Å². The molecule has 2 rings (SSSR count). The van der Waals surface area contributed by atoms with Crippen molar-refractivity contribution in [2.24, 2.45) is 0 Å². The van der Waals surface area contributed by atoms with Crippen LogP contribution in [0.3, 0.4) is 0 Å². The number of likely N-dealkylation sites (tertiary alicyclic amines) is 1. The van der Waals surface area contributed by atoms with E-state index in [1.165, 1.54) is 25.8 Å². The van der Waals surface area contributed by atoms with Gasteiger partial charge in [-0.05, 0) is 45.3 Å². The van der Waals surface area contributed by atoms with Crippen molar-refractivity contribution in [3.63, 3.8) is 0 Å². The molecule has 0 aliphatic carbocycles. The first-order valence-electron chi connectivity index (χ1n) is 8.62. The minimum Gasteiger partial charge on any atom is -0.490 e. The molecular formula is C19H29BrN2O. The molecule has 4 heteroatoms. The molecule has 1 unspecified atom stereocenters. The highest BCUT2D eigenvalue weighted by atomic mass is 79.9. The molecule has 0 amide bonds. The van der Waals surface area contributed by atoms with E-state index >= 15 is 0 Å². The third-order valence-electron chi connectivity index (χ3n) is 3.75. The Balaban J connectivity index is 0.00000127. The van der Waals surface area contributed by atoms with E-state index in [0.29, 0.717) is 6.04 Å². The van der Waals surface area contributed by atoms with Crippen molar-refractivity contribution in [1.82, 2.24) is 9.88 Å². The quantitative estimate of drug-likeness (QED) is 0.412. The number of hydrogen-bond acceptors (Lipinski definition) is 3. The lowest BCUT2D eigenvalue weighted by Gasteiger charge is -2.19. The second-order valence-corrected chi connectivity index (χ2v) is 6.24. The lowest BCUT2D eigenvalue weighted by Crippen LogP contribution is -2.30. The molecule has 3 nitrogen and oxygen atoms in total. The smallest absolute Gasteiger partial charge is 0.138 e. The van der Waals surface area contributed by atoms with Gasteiger partial charge in [0.25, 0.3) is 0 Å². The predicted octanol–water partition coefficient (Wildman–Crippen LogP) is 4.50. The topological polar surface area (TPSA) is 25.4 Å². The number of aromatic nitrogens is 1. The van der Waals surface area contributed by atoms with E-state index in [9.17, 15) is 0 Å². The van der Waals surface area contributed by atoms with Crippen LogP contribution in [0.1, 0.15) is 51.5 Å². The molecule has 0 saturated carbocycles. The fourth-order valence-corrected chi connectivity index (χ4v) is 2.82. The van der Waals surface area contributed by atoms with Crippen LogP contribution >= 0.6 is 15.9 Å². The SMILES string of the molecule is CC.CN1CCCC1COc1cncc(C#CCCCCBr)c1. The average Bonchev–Trinajstić information content (AvgIpc) is 3.00. The summed E-state index contributed by atoms with van der Waals surface area (Å²) in [4.78, 5) is 6.58. The second kappa shape index (κ2) is 12.4. The van der Waals surface area contributed by atoms with Crippen molar-refractivity contribution in [3.8, 4) is 17.6 Å². The Morgan fingerprint density at radius 1 is 1.35 bits per heavy atom. The summed E-state index contributed by atoms with van der Waals surface area (Å²) in [5.41, 5.74) is 0.936. The minimum atomic E-state index is 0.531. The van der Waals surface area contributed by atoms with Crippen LogP contribution in [-0.2, 0) is 0 Å². The van der Waals surface area contributed by atoms with E-state index in [1.807, 2.05) is 19.9 Å². The van der Waals surface area contributed by atoms with Crippen LogP contribution in [0.5, 0.6) is 5.75 Å². The highest BCUT2D eigenvalue weighted by molar-refractivity contribution is 9.09. The Morgan fingerprint density at radius 2 is 2.17 bits per heavy atom. The van der Waals surface area contributed by atoms with Gasteiger partial charge in [-0.15, -0.1) is 0 Å². The Bertz CT molecular complexity index is 496. The van der Waals surface area contributed by atoms with Gasteiger partial charge in [0.15, 0.2) is 0 Å². The van der Waals surface area contributed by atoms with Crippen LogP contribution in [0.2, 0.25) is 0 Å². The molecule has 0 aromatic carbocycles. The standard InChI is InChI=1S/C17H23BrN2O.C2H6/c1-20-10-6-8-16(20)14-21-17-11-15(12-19-13-17)7-4-2-3-5-9-18;1-2/h11-13,16H,2-3,5-6,8-10,14H2,1H3;1-2H3. The summed E-state index contributed by atoms with van der Waals surface area (Å²) in [5, 5.41) is 1.05. The van der Waals surface area contributed by atoms with Crippen LogP contribution in [0.4, 0.5) is 0 Å². The molecule has 1 aromatic heterocycles. The van der Waals surface area contributed by atoms with E-state index in [1.54, 1.807) is 12.4 Å². The van der Waals surface area contributed by atoms with E-state index in [-0.39, 0.29) is 0 Å². The molecule has 1 aliphatic rings. The largest absolute Gasteiger partial charge is 0.490 e. The van der Waals surface area contributed by atoms with E-state index in [4.69, 9.17) is 4.74 Å². The lowest BCUT2D eigenvalue weighted by molar-refractivity contribution is 0.198. The maximum absolute atomic E-state index is 5.87. The molecule has 1 atom stereocenters. The number of pyridine rings is 1. The number of unbranched alkanes of at least 4 members (excludes halogenated alkanes) is 2. The zero-order valence-corrected chi connectivity index (χ0v) is 16.2. The number of likely N-dealkylation sites (N-methyl/N-ethyl adjacent to an activating group) is 1. The summed E-state index contributed by atoms with van der Waals surface area (Å²) < 4.78 is 5.87. The Kier molecular flexibility index (Phi) is 10.8. The highest BCUT2D eigenvalue weighted by Gasteiger charge is 2.21. The van der Waals surface area contributed by atoms with Crippen molar-refractivity contribution in [1.29, 1.82) is 0 Å². The first-order chi connectivity index (χ1) is 11.3. The number of alkyl halides is 1. The lowest BCUT2D eigenvalue weighted by atomic mass is 10.2. The van der Waals surface area contributed by atoms with Crippen molar-refractivity contribution in [3.05, 3.63) is 24.0 Å². The van der Waals surface area contributed by atoms with Gasteiger partial charge in [0.1, 0.15) is 12.4 Å². The van der Waals surface area contributed by atoms with Crippen molar-refractivity contribution in [2.75, 3.05) is 25.5 Å². The number of halogens is 1. The number of ether oxygens (including phenoxy) is 1. The summed E-state index contributed by atoms with van der Waals surface area (Å²) in [6, 6.07) is 2.52. The average molecular weight is 381 g/mol. The van der Waals surface area contributed by atoms with E-state index < -0.39 is 0 Å². The monoisotopic (exact) mass is 380 g/mol. The van der Waals surface area contributed by atoms with Gasteiger partial charge in [-0.1, -0.05) is 41.6 Å². The van der Waals surface area contributed by atoms with Crippen LogP contribution in [-0.4, -0.2) is 41.5 Å². The van der Waals surface area contributed by atoms with Crippen LogP contribution in [0.15, 0.2) is 18.5 Å². The van der Waals surface area contributed by atoms with Gasteiger partial charge in [0, 0.05) is 29.6 Å². The van der Waals surface area contributed by atoms with Gasteiger partial charge in [0.2, 0.25) is 0 Å². The third-order valence-corrected chi connectivity index (χ3v) is 4.31. The summed E-state index contributed by atoms with van der Waals surface area (Å²) in [6.45, 7) is 5.91. The van der Waals surface area contributed by atoms with Crippen molar-refractivity contribution in [2.45, 2.75) is 52.0 Å². The minimum absolute atomic E-state index is 0.531. The molecule has 0 radical (unpaired) electrons. The maximum atomic E-state index is 5.87. The number of nitrogens with zero attached hydrogens (tertiary/aromatic N) is 2. The van der Waals surface area contributed by atoms with Gasteiger partial charge in [0.05, 0.1) is 6.20 Å². The molecule has 0 bridgehead atoms. The van der Waals surface area contributed by atoms with Crippen LogP contribution in [0, 0.1) is 11.8 Å². The molecule has 1 aromatic rings. The maximum Gasteiger partial charge on any atom is 0.138 e. The van der Waals surface area contributed by atoms with Crippen LogP contribution in [0.25, 0.3) is 0 Å². The molecule has 1 fully saturated rings. The summed E-state index contributed by atoms with van der Waals surface area (Å²) in [5.74, 6) is 7.18. The first kappa shape index (κ1) is 20.0. The number of hydrogen-bond donors (Lipinski definition) is 0. The second-order valence-electron chi connectivity index (χ2n) is 5.44. The molecule has 1 aliphatic heterocycles. The third kappa shape index (κ3) is 7.85.